The van der Waals surface area contributed by atoms with E-state index in [0.717, 1.165) is 50.9 Å². The first-order valence-electron chi connectivity index (χ1n) is 9.24. The van der Waals surface area contributed by atoms with E-state index in [1.165, 1.54) is 0 Å². The van der Waals surface area contributed by atoms with Gasteiger partial charge < -0.3 is 19.8 Å². The lowest BCUT2D eigenvalue weighted by Gasteiger charge is -2.36. The van der Waals surface area contributed by atoms with Crippen LogP contribution in [-0.2, 0) is 6.54 Å². The Morgan fingerprint density at radius 1 is 1.29 bits per heavy atom. The highest BCUT2D eigenvalue weighted by molar-refractivity contribution is 14.0. The number of nitrogens with one attached hydrogen (secondary N) is 1. The number of rotatable bonds is 6. The molecule has 0 radical (unpaired) electrons. The maximum atomic E-state index is 10.4. The maximum absolute atomic E-state index is 10.4. The third-order valence-corrected chi connectivity index (χ3v) is 4.91. The summed E-state index contributed by atoms with van der Waals surface area (Å²) in [7, 11) is 0. The first kappa shape index (κ1) is 22.9. The lowest BCUT2D eigenvalue weighted by atomic mass is 10.1. The molecule has 0 saturated carbocycles. The predicted octanol–water partition coefficient (Wildman–Crippen LogP) is 2.76. The molecular weight excluding hydrogens is 493 g/mol. The van der Waals surface area contributed by atoms with Gasteiger partial charge in [-0.1, -0.05) is 35.0 Å². The van der Waals surface area contributed by atoms with E-state index in [9.17, 15) is 5.11 Å². The van der Waals surface area contributed by atoms with Crippen LogP contribution in [0.15, 0.2) is 46.1 Å². The van der Waals surface area contributed by atoms with E-state index >= 15 is 0 Å². The summed E-state index contributed by atoms with van der Waals surface area (Å²) in [5, 5.41) is 18.3. The van der Waals surface area contributed by atoms with Gasteiger partial charge >= 0.3 is 0 Å². The van der Waals surface area contributed by atoms with E-state index in [0.29, 0.717) is 10.6 Å². The second-order valence-corrected chi connectivity index (χ2v) is 6.89. The molecule has 1 saturated heterocycles. The summed E-state index contributed by atoms with van der Waals surface area (Å²) < 4.78 is 4.90. The molecule has 0 spiro atoms. The summed E-state index contributed by atoms with van der Waals surface area (Å²) in [4.78, 5) is 9.20. The molecule has 1 unspecified atom stereocenters. The lowest BCUT2D eigenvalue weighted by molar-refractivity contribution is 0.166. The van der Waals surface area contributed by atoms with Crippen LogP contribution in [0.2, 0.25) is 5.02 Å². The average Bonchev–Trinajstić information content (AvgIpc) is 3.19. The van der Waals surface area contributed by atoms with Crippen molar-refractivity contribution in [3.8, 4) is 0 Å². The number of guanidine groups is 1. The van der Waals surface area contributed by atoms with Gasteiger partial charge in [0.05, 0.1) is 12.2 Å². The van der Waals surface area contributed by atoms with Crippen LogP contribution in [-0.4, -0.2) is 65.3 Å². The van der Waals surface area contributed by atoms with Crippen LogP contribution in [0.1, 0.15) is 24.3 Å². The van der Waals surface area contributed by atoms with Gasteiger partial charge in [-0.25, -0.2) is 0 Å². The molecule has 154 valence electrons. The third kappa shape index (κ3) is 6.33. The minimum atomic E-state index is -0.721. The van der Waals surface area contributed by atoms with Gasteiger partial charge in [0.15, 0.2) is 5.96 Å². The van der Waals surface area contributed by atoms with Crippen LogP contribution < -0.4 is 5.32 Å². The van der Waals surface area contributed by atoms with Crippen LogP contribution in [0.5, 0.6) is 0 Å². The molecule has 1 atom stereocenters. The normalized spacial score (nSPS) is 16.5. The van der Waals surface area contributed by atoms with Crippen LogP contribution in [0.25, 0.3) is 0 Å². The van der Waals surface area contributed by atoms with Crippen molar-refractivity contribution in [3.63, 3.8) is 0 Å². The molecule has 28 heavy (non-hydrogen) atoms. The van der Waals surface area contributed by atoms with Crippen molar-refractivity contribution < 1.29 is 9.63 Å². The number of hydrogen-bond acceptors (Lipinski definition) is 5. The largest absolute Gasteiger partial charge is 0.386 e. The van der Waals surface area contributed by atoms with Crippen molar-refractivity contribution in [2.45, 2.75) is 19.6 Å². The van der Waals surface area contributed by atoms with Gasteiger partial charge in [0, 0.05) is 55.9 Å². The molecule has 3 rings (SSSR count). The Labute approximate surface area is 187 Å². The number of aliphatic imine (C=N–C) groups is 1. The fourth-order valence-corrected chi connectivity index (χ4v) is 3.37. The number of benzene rings is 1. The van der Waals surface area contributed by atoms with Gasteiger partial charge in [-0.3, -0.25) is 9.89 Å². The van der Waals surface area contributed by atoms with Gasteiger partial charge in [-0.15, -0.1) is 24.0 Å². The van der Waals surface area contributed by atoms with Crippen molar-refractivity contribution in [1.82, 2.24) is 20.3 Å². The first-order valence-corrected chi connectivity index (χ1v) is 9.62. The maximum Gasteiger partial charge on any atom is 0.194 e. The molecule has 1 fully saturated rings. The molecule has 1 aliphatic rings. The molecule has 9 heteroatoms. The molecule has 2 heterocycles. The zero-order valence-corrected chi connectivity index (χ0v) is 19.0. The molecule has 1 aromatic heterocycles. The highest BCUT2D eigenvalue weighted by Gasteiger charge is 2.21. The van der Waals surface area contributed by atoms with E-state index in [4.69, 9.17) is 16.1 Å². The predicted molar refractivity (Wildman–Crippen MR) is 121 cm³/mol. The number of aliphatic hydroxyl groups is 1. The minimum Gasteiger partial charge on any atom is -0.386 e. The van der Waals surface area contributed by atoms with E-state index in [1.54, 1.807) is 12.3 Å². The van der Waals surface area contributed by atoms with Gasteiger partial charge in [0.1, 0.15) is 12.4 Å². The summed E-state index contributed by atoms with van der Waals surface area (Å²) >= 11 is 6.17. The van der Waals surface area contributed by atoms with Gasteiger partial charge in [-0.2, -0.15) is 0 Å². The topological polar surface area (TPSA) is 77.1 Å². The Morgan fingerprint density at radius 2 is 2.04 bits per heavy atom. The number of aliphatic hydroxyl groups excluding tert-OH is 1. The summed E-state index contributed by atoms with van der Waals surface area (Å²) in [6.45, 7) is 7.46. The van der Waals surface area contributed by atoms with Crippen LogP contribution in [0, 0.1) is 0 Å². The monoisotopic (exact) mass is 519 g/mol. The van der Waals surface area contributed by atoms with E-state index in [1.807, 2.05) is 31.2 Å². The Bertz CT molecular complexity index is 736. The van der Waals surface area contributed by atoms with Gasteiger partial charge in [0.2, 0.25) is 0 Å². The fourth-order valence-electron chi connectivity index (χ4n) is 3.11. The molecule has 7 nitrogen and oxygen atoms in total. The average molecular weight is 520 g/mol. The van der Waals surface area contributed by atoms with Crippen LogP contribution in [0.4, 0.5) is 0 Å². The quantitative estimate of drug-likeness (QED) is 0.347. The summed E-state index contributed by atoms with van der Waals surface area (Å²) in [6, 6.07) is 9.23. The van der Waals surface area contributed by atoms with Crippen LogP contribution in [0.3, 0.4) is 0 Å². The van der Waals surface area contributed by atoms with Crippen LogP contribution >= 0.6 is 35.6 Å². The van der Waals surface area contributed by atoms with Crippen molar-refractivity contribution >= 4 is 41.5 Å². The lowest BCUT2D eigenvalue weighted by Crippen LogP contribution is -2.52. The highest BCUT2D eigenvalue weighted by atomic mass is 127. The number of halogens is 2. The van der Waals surface area contributed by atoms with E-state index in [2.05, 4.69) is 25.3 Å². The molecule has 0 aliphatic carbocycles. The van der Waals surface area contributed by atoms with Crippen molar-refractivity contribution in [2.75, 3.05) is 39.3 Å². The van der Waals surface area contributed by atoms with Gasteiger partial charge in [0.25, 0.3) is 0 Å². The molecule has 2 N–H and O–H groups in total. The Kier molecular flexibility index (Phi) is 9.49. The second-order valence-electron chi connectivity index (χ2n) is 6.49. The minimum absolute atomic E-state index is 0. The summed E-state index contributed by atoms with van der Waals surface area (Å²) in [5.74, 6) is 0.824. The third-order valence-electron chi connectivity index (χ3n) is 4.56. The van der Waals surface area contributed by atoms with E-state index < -0.39 is 6.10 Å². The van der Waals surface area contributed by atoms with E-state index in [-0.39, 0.29) is 30.5 Å². The number of hydrogen-bond donors (Lipinski definition) is 2. The zero-order chi connectivity index (χ0) is 19.1. The first-order chi connectivity index (χ1) is 13.2. The molecule has 1 aliphatic heterocycles. The molecule has 0 bridgehead atoms. The van der Waals surface area contributed by atoms with Crippen molar-refractivity contribution in [3.05, 3.63) is 52.9 Å². The summed E-state index contributed by atoms with van der Waals surface area (Å²) in [5.41, 5.74) is 1.66. The zero-order valence-electron chi connectivity index (χ0n) is 15.9. The molecular formula is C19H27ClIN5O2. The standard InChI is InChI=1S/C19H26ClN5O2.HI/c1-2-21-19(22-13-18(26)16-5-3-4-6-17(16)20)25-10-8-24(9-11-25)14-15-7-12-27-23-15;/h3-7,12,18,26H,2,8-11,13-14H2,1H3,(H,21,22);1H. The van der Waals surface area contributed by atoms with Crippen molar-refractivity contribution in [2.24, 2.45) is 4.99 Å². The van der Waals surface area contributed by atoms with Crippen molar-refractivity contribution in [1.29, 1.82) is 0 Å². The highest BCUT2D eigenvalue weighted by Crippen LogP contribution is 2.22. The Hall–Kier alpha value is -1.36. The fraction of sp³-hybridized carbons (Fsp3) is 0.474. The number of piperazine rings is 1. The second kappa shape index (κ2) is 11.6. The molecule has 2 aromatic rings. The molecule has 0 amide bonds. The SMILES string of the molecule is CCNC(=NCC(O)c1ccccc1Cl)N1CCN(Cc2ccon2)CC1.I. The number of nitrogens with zero attached hydrogens (tertiary/aromatic N) is 4. The smallest absolute Gasteiger partial charge is 0.194 e. The summed E-state index contributed by atoms with van der Waals surface area (Å²) in [6.07, 6.45) is 0.882. The Morgan fingerprint density at radius 3 is 2.68 bits per heavy atom. The van der Waals surface area contributed by atoms with Gasteiger partial charge in [-0.05, 0) is 13.0 Å². The Balaban J connectivity index is 0.00000280. The molecule has 1 aromatic carbocycles. The number of aromatic nitrogens is 1.